The first-order valence-electron chi connectivity index (χ1n) is 11.9. The summed E-state index contributed by atoms with van der Waals surface area (Å²) >= 11 is 0. The van der Waals surface area contributed by atoms with Crippen molar-refractivity contribution in [2.24, 2.45) is 5.73 Å². The van der Waals surface area contributed by atoms with Crippen LogP contribution in [0.25, 0.3) is 21.9 Å². The van der Waals surface area contributed by atoms with Crippen LogP contribution in [0.5, 0.6) is 5.75 Å². The molecule has 5 nitrogen and oxygen atoms in total. The van der Waals surface area contributed by atoms with E-state index >= 15 is 0 Å². The van der Waals surface area contributed by atoms with Gasteiger partial charge in [0.2, 0.25) is 0 Å². The summed E-state index contributed by atoms with van der Waals surface area (Å²) in [4.78, 5) is 24.2. The van der Waals surface area contributed by atoms with Gasteiger partial charge in [0, 0.05) is 12.1 Å². The Morgan fingerprint density at radius 1 is 0.895 bits per heavy atom. The molecule has 2 amide bonds. The summed E-state index contributed by atoms with van der Waals surface area (Å²) in [5.74, 6) is -0.0100. The number of primary amides is 1. The van der Waals surface area contributed by atoms with Crippen molar-refractivity contribution in [2.45, 2.75) is 38.9 Å². The number of benzene rings is 4. The van der Waals surface area contributed by atoms with Gasteiger partial charge in [-0.15, -0.1) is 0 Å². The normalized spacial score (nSPS) is 11.8. The number of amides is 2. The summed E-state index contributed by atoms with van der Waals surface area (Å²) in [5, 5.41) is 4.52. The molecule has 4 aromatic rings. The van der Waals surface area contributed by atoms with Gasteiger partial charge in [0.1, 0.15) is 5.75 Å². The molecule has 0 fully saturated rings. The largest absolute Gasteiger partial charge is 0.416 e. The summed E-state index contributed by atoms with van der Waals surface area (Å²) in [7, 11) is 0. The van der Waals surface area contributed by atoms with Crippen molar-refractivity contribution in [1.29, 1.82) is 0 Å². The van der Waals surface area contributed by atoms with Crippen molar-refractivity contribution < 1.29 is 27.5 Å². The van der Waals surface area contributed by atoms with Gasteiger partial charge in [-0.25, -0.2) is 4.79 Å². The van der Waals surface area contributed by atoms with Crippen LogP contribution in [-0.2, 0) is 18.1 Å². The minimum Gasteiger partial charge on any atom is -0.410 e. The first kappa shape index (κ1) is 26.7. The predicted molar refractivity (Wildman–Crippen MR) is 141 cm³/mol. The zero-order valence-electron chi connectivity index (χ0n) is 21.1. The molecule has 196 valence electrons. The lowest BCUT2D eigenvalue weighted by atomic mass is 9.83. The van der Waals surface area contributed by atoms with Crippen LogP contribution >= 0.6 is 0 Å². The van der Waals surface area contributed by atoms with Gasteiger partial charge in [0.05, 0.1) is 5.56 Å². The Bertz CT molecular complexity index is 1500. The maximum atomic E-state index is 13.0. The number of rotatable bonds is 5. The van der Waals surface area contributed by atoms with Crippen LogP contribution in [0.1, 0.15) is 47.8 Å². The third-order valence-corrected chi connectivity index (χ3v) is 6.21. The van der Waals surface area contributed by atoms with Gasteiger partial charge in [0.15, 0.2) is 0 Å². The van der Waals surface area contributed by atoms with Crippen LogP contribution in [0.15, 0.2) is 78.9 Å². The quantitative estimate of drug-likeness (QED) is 0.292. The standard InChI is InChI=1S/C30H27F3N2O3/c1-29(2,3)26-14-12-23(38-28(34)37)16-21(26)17-35-27(36)20-9-13-25-19(15-20)5-4-6-24(25)18-7-10-22(11-8-18)30(31,32)33/h4-16H,17H2,1-3H3,(H2,34,37)(H,35,36). The summed E-state index contributed by atoms with van der Waals surface area (Å²) in [6.45, 7) is 6.32. The van der Waals surface area contributed by atoms with E-state index in [-0.39, 0.29) is 23.6 Å². The molecular formula is C30H27F3N2O3. The minimum absolute atomic E-state index is 0.199. The Hall–Kier alpha value is -4.33. The van der Waals surface area contributed by atoms with E-state index in [1.54, 1.807) is 36.4 Å². The van der Waals surface area contributed by atoms with Gasteiger partial charge in [-0.1, -0.05) is 63.2 Å². The molecule has 0 heterocycles. The van der Waals surface area contributed by atoms with Crippen LogP contribution in [0, 0.1) is 0 Å². The number of nitrogens with one attached hydrogen (secondary N) is 1. The van der Waals surface area contributed by atoms with Gasteiger partial charge in [-0.2, -0.15) is 13.2 Å². The molecule has 0 atom stereocenters. The van der Waals surface area contributed by atoms with E-state index in [1.807, 2.05) is 39.0 Å². The van der Waals surface area contributed by atoms with Crippen LogP contribution in [0.3, 0.4) is 0 Å². The average Bonchev–Trinajstić information content (AvgIpc) is 2.85. The predicted octanol–water partition coefficient (Wildman–Crippen LogP) is 7.21. The number of nitrogens with two attached hydrogens (primary N) is 1. The van der Waals surface area contributed by atoms with Crippen molar-refractivity contribution >= 4 is 22.8 Å². The van der Waals surface area contributed by atoms with Gasteiger partial charge < -0.3 is 15.8 Å². The lowest BCUT2D eigenvalue weighted by Gasteiger charge is -2.23. The van der Waals surface area contributed by atoms with Crippen LogP contribution in [0.2, 0.25) is 0 Å². The highest BCUT2D eigenvalue weighted by molar-refractivity contribution is 6.02. The van der Waals surface area contributed by atoms with Crippen molar-refractivity contribution in [2.75, 3.05) is 0 Å². The molecule has 4 rings (SSSR count). The summed E-state index contributed by atoms with van der Waals surface area (Å²) in [6, 6.07) is 20.9. The fraction of sp³-hybridized carbons (Fsp3) is 0.200. The molecule has 0 spiro atoms. The second kappa shape index (κ2) is 10.2. The molecular weight excluding hydrogens is 493 g/mol. The first-order valence-corrected chi connectivity index (χ1v) is 11.9. The topological polar surface area (TPSA) is 81.4 Å². The molecule has 0 unspecified atom stereocenters. The van der Waals surface area contributed by atoms with E-state index in [1.165, 1.54) is 12.1 Å². The zero-order chi connectivity index (χ0) is 27.7. The number of ether oxygens (including phenoxy) is 1. The molecule has 0 radical (unpaired) electrons. The second-order valence-corrected chi connectivity index (χ2v) is 9.99. The monoisotopic (exact) mass is 520 g/mol. The molecule has 0 aliphatic heterocycles. The van der Waals surface area contributed by atoms with E-state index < -0.39 is 17.8 Å². The molecule has 0 saturated heterocycles. The smallest absolute Gasteiger partial charge is 0.410 e. The van der Waals surface area contributed by atoms with E-state index in [4.69, 9.17) is 10.5 Å². The Morgan fingerprint density at radius 2 is 1.61 bits per heavy atom. The van der Waals surface area contributed by atoms with E-state index in [9.17, 15) is 22.8 Å². The van der Waals surface area contributed by atoms with Crippen LogP contribution in [-0.4, -0.2) is 12.0 Å². The van der Waals surface area contributed by atoms with E-state index in [2.05, 4.69) is 5.32 Å². The third kappa shape index (κ3) is 5.96. The SMILES string of the molecule is CC(C)(C)c1ccc(OC(N)=O)cc1CNC(=O)c1ccc2c(-c3ccc(C(F)(F)F)cc3)cccc2c1. The zero-order valence-corrected chi connectivity index (χ0v) is 21.1. The van der Waals surface area contributed by atoms with E-state index in [0.29, 0.717) is 11.1 Å². The van der Waals surface area contributed by atoms with Gasteiger partial charge in [0.25, 0.3) is 5.91 Å². The Kier molecular flexibility index (Phi) is 7.18. The van der Waals surface area contributed by atoms with Crippen molar-refractivity contribution in [3.05, 3.63) is 101 Å². The highest BCUT2D eigenvalue weighted by Gasteiger charge is 2.30. The van der Waals surface area contributed by atoms with Gasteiger partial charge in [-0.05, 0) is 74.8 Å². The summed E-state index contributed by atoms with van der Waals surface area (Å²) in [5.41, 5.74) is 7.83. The summed E-state index contributed by atoms with van der Waals surface area (Å²) < 4.78 is 43.9. The number of alkyl halides is 3. The van der Waals surface area contributed by atoms with E-state index in [0.717, 1.165) is 39.6 Å². The minimum atomic E-state index is -4.40. The molecule has 0 saturated carbocycles. The van der Waals surface area contributed by atoms with Crippen LogP contribution in [0.4, 0.5) is 18.0 Å². The Balaban J connectivity index is 1.58. The molecule has 0 bridgehead atoms. The number of carbonyl (C=O) groups is 2. The van der Waals surface area contributed by atoms with Crippen LogP contribution < -0.4 is 15.8 Å². The molecule has 0 aliphatic rings. The number of halogens is 3. The summed E-state index contributed by atoms with van der Waals surface area (Å²) in [6.07, 6.45) is -5.32. The molecule has 3 N–H and O–H groups in total. The Labute approximate surface area is 218 Å². The molecule has 38 heavy (non-hydrogen) atoms. The maximum absolute atomic E-state index is 13.0. The van der Waals surface area contributed by atoms with Crippen molar-refractivity contribution in [3.63, 3.8) is 0 Å². The van der Waals surface area contributed by atoms with Gasteiger partial charge in [-0.3, -0.25) is 4.79 Å². The average molecular weight is 521 g/mol. The third-order valence-electron chi connectivity index (χ3n) is 6.21. The van der Waals surface area contributed by atoms with Gasteiger partial charge >= 0.3 is 12.3 Å². The number of fused-ring (bicyclic) bond motifs is 1. The second-order valence-electron chi connectivity index (χ2n) is 9.99. The number of carbonyl (C=O) groups excluding carboxylic acids is 2. The maximum Gasteiger partial charge on any atom is 0.416 e. The lowest BCUT2D eigenvalue weighted by molar-refractivity contribution is -0.137. The number of hydrogen-bond acceptors (Lipinski definition) is 3. The first-order chi connectivity index (χ1) is 17.8. The fourth-order valence-corrected chi connectivity index (χ4v) is 4.42. The van der Waals surface area contributed by atoms with Crippen molar-refractivity contribution in [1.82, 2.24) is 5.32 Å². The highest BCUT2D eigenvalue weighted by Crippen LogP contribution is 2.34. The molecule has 4 aromatic carbocycles. The molecule has 8 heteroatoms. The fourth-order valence-electron chi connectivity index (χ4n) is 4.42. The lowest BCUT2D eigenvalue weighted by Crippen LogP contribution is -2.25. The molecule has 0 aromatic heterocycles. The highest BCUT2D eigenvalue weighted by atomic mass is 19.4. The van der Waals surface area contributed by atoms with Crippen molar-refractivity contribution in [3.8, 4) is 16.9 Å². The molecule has 0 aliphatic carbocycles. The Morgan fingerprint density at radius 3 is 2.24 bits per heavy atom. The number of hydrogen-bond donors (Lipinski definition) is 2.